The van der Waals surface area contributed by atoms with Crippen LogP contribution in [0.4, 0.5) is 5.69 Å². The van der Waals surface area contributed by atoms with Crippen LogP contribution < -0.4 is 11.1 Å². The highest BCUT2D eigenvalue weighted by Crippen LogP contribution is 2.28. The van der Waals surface area contributed by atoms with Crippen LogP contribution in [-0.4, -0.2) is 37.2 Å². The van der Waals surface area contributed by atoms with Gasteiger partial charge >= 0.3 is 0 Å². The van der Waals surface area contributed by atoms with Crippen molar-refractivity contribution < 1.29 is 4.92 Å². The summed E-state index contributed by atoms with van der Waals surface area (Å²) in [5.41, 5.74) is 6.97. The number of hydrogen-bond acceptors (Lipinski definition) is 7. The smallest absolute Gasteiger partial charge is 0.269 e. The van der Waals surface area contributed by atoms with Crippen LogP contribution in [-0.2, 0) is 5.54 Å². The van der Waals surface area contributed by atoms with E-state index < -0.39 is 4.92 Å². The number of nitro benzene ring substituents is 1. The van der Waals surface area contributed by atoms with E-state index in [1.807, 2.05) is 20.8 Å². The number of nitrogens with zero attached hydrogens (tertiary/aromatic N) is 5. The lowest BCUT2D eigenvalue weighted by molar-refractivity contribution is -0.384. The van der Waals surface area contributed by atoms with Crippen LogP contribution in [0, 0.1) is 10.1 Å². The number of nitrogens with one attached hydrogen (secondary N) is 1. The molecular weight excluding hydrogens is 346 g/mol. The first-order valence-electron chi connectivity index (χ1n) is 9.32. The van der Waals surface area contributed by atoms with E-state index >= 15 is 0 Å². The van der Waals surface area contributed by atoms with Crippen LogP contribution in [0.25, 0.3) is 0 Å². The van der Waals surface area contributed by atoms with E-state index in [0.717, 1.165) is 31.2 Å². The molecular formula is C18H27N7O2. The largest absolute Gasteiger partial charge is 0.326 e. The molecule has 27 heavy (non-hydrogen) atoms. The highest BCUT2D eigenvalue weighted by atomic mass is 16.6. The van der Waals surface area contributed by atoms with Gasteiger partial charge in [0.05, 0.1) is 16.5 Å². The Labute approximate surface area is 158 Å². The molecule has 9 nitrogen and oxygen atoms in total. The summed E-state index contributed by atoms with van der Waals surface area (Å²) in [6.45, 7) is 6.10. The van der Waals surface area contributed by atoms with E-state index in [2.05, 4.69) is 20.8 Å². The second-order valence-electron chi connectivity index (χ2n) is 8.12. The third kappa shape index (κ3) is 4.30. The lowest BCUT2D eigenvalue weighted by Crippen LogP contribution is -2.49. The molecule has 9 heteroatoms. The van der Waals surface area contributed by atoms with Gasteiger partial charge in [0.25, 0.3) is 5.69 Å². The zero-order valence-electron chi connectivity index (χ0n) is 16.0. The summed E-state index contributed by atoms with van der Waals surface area (Å²) < 4.78 is 1.79. The van der Waals surface area contributed by atoms with Crippen LogP contribution in [0.5, 0.6) is 0 Å². The van der Waals surface area contributed by atoms with Crippen LogP contribution in [0.1, 0.15) is 63.9 Å². The van der Waals surface area contributed by atoms with Crippen molar-refractivity contribution >= 4 is 5.69 Å². The maximum atomic E-state index is 11.0. The van der Waals surface area contributed by atoms with E-state index in [1.54, 1.807) is 16.8 Å². The summed E-state index contributed by atoms with van der Waals surface area (Å²) in [4.78, 5) is 10.6. The number of benzene rings is 1. The van der Waals surface area contributed by atoms with Gasteiger partial charge in [0.15, 0.2) is 5.82 Å². The van der Waals surface area contributed by atoms with Gasteiger partial charge < -0.3 is 5.73 Å². The average Bonchev–Trinajstić information content (AvgIpc) is 3.11. The topological polar surface area (TPSA) is 125 Å². The molecule has 3 atom stereocenters. The molecule has 0 amide bonds. The molecule has 1 fully saturated rings. The molecule has 1 aliphatic rings. The Bertz CT molecular complexity index is 782. The Morgan fingerprint density at radius 1 is 1.26 bits per heavy atom. The molecule has 2 aromatic rings. The summed E-state index contributed by atoms with van der Waals surface area (Å²) in [6, 6.07) is 6.44. The van der Waals surface area contributed by atoms with Crippen molar-refractivity contribution in [3.8, 4) is 0 Å². The normalized spacial score (nSPS) is 21.8. The number of nitro groups is 1. The SMILES string of the molecule is CC(C)(C)n1nnnc1C(NC1CCCCC1N)c1ccc([N+](=O)[O-])cc1. The molecule has 1 heterocycles. The molecule has 0 bridgehead atoms. The Hall–Kier alpha value is -2.39. The molecule has 0 saturated heterocycles. The molecule has 0 spiro atoms. The Morgan fingerprint density at radius 3 is 2.52 bits per heavy atom. The van der Waals surface area contributed by atoms with Gasteiger partial charge in [0, 0.05) is 24.2 Å². The Balaban J connectivity index is 1.98. The van der Waals surface area contributed by atoms with E-state index in [1.165, 1.54) is 12.1 Å². The summed E-state index contributed by atoms with van der Waals surface area (Å²) in [6.07, 6.45) is 4.24. The minimum atomic E-state index is -0.400. The molecule has 0 aliphatic heterocycles. The zero-order chi connectivity index (χ0) is 19.6. The monoisotopic (exact) mass is 373 g/mol. The van der Waals surface area contributed by atoms with Gasteiger partial charge in [0.2, 0.25) is 0 Å². The third-order valence-corrected chi connectivity index (χ3v) is 5.02. The fraction of sp³-hybridized carbons (Fsp3) is 0.611. The predicted octanol–water partition coefficient (Wildman–Crippen LogP) is 2.29. The fourth-order valence-electron chi connectivity index (χ4n) is 3.54. The summed E-state index contributed by atoms with van der Waals surface area (Å²) in [7, 11) is 0. The quantitative estimate of drug-likeness (QED) is 0.608. The fourth-order valence-corrected chi connectivity index (χ4v) is 3.54. The first-order valence-corrected chi connectivity index (χ1v) is 9.32. The Morgan fingerprint density at radius 2 is 1.93 bits per heavy atom. The van der Waals surface area contributed by atoms with E-state index in [0.29, 0.717) is 5.82 Å². The standard InChI is InChI=1S/C18H27N7O2/c1-18(2,3)24-17(21-22-23-24)16(20-15-7-5-4-6-14(15)19)12-8-10-13(11-9-12)25(26)27/h8-11,14-16,20H,4-7,19H2,1-3H3. The van der Waals surface area contributed by atoms with Crippen molar-refractivity contribution in [2.24, 2.45) is 5.73 Å². The van der Waals surface area contributed by atoms with Gasteiger partial charge in [-0.05, 0) is 49.6 Å². The highest BCUT2D eigenvalue weighted by molar-refractivity contribution is 5.36. The van der Waals surface area contributed by atoms with Crippen LogP contribution in [0.3, 0.4) is 0 Å². The van der Waals surface area contributed by atoms with Crippen LogP contribution >= 0.6 is 0 Å². The third-order valence-electron chi connectivity index (χ3n) is 5.02. The van der Waals surface area contributed by atoms with Crippen LogP contribution in [0.15, 0.2) is 24.3 Å². The maximum absolute atomic E-state index is 11.0. The zero-order valence-corrected chi connectivity index (χ0v) is 16.0. The molecule has 0 radical (unpaired) electrons. The molecule has 1 aromatic heterocycles. The highest BCUT2D eigenvalue weighted by Gasteiger charge is 2.31. The summed E-state index contributed by atoms with van der Waals surface area (Å²) in [5.74, 6) is 0.675. The van der Waals surface area contributed by atoms with Gasteiger partial charge in [-0.25, -0.2) is 4.68 Å². The second kappa shape index (κ2) is 7.69. The van der Waals surface area contributed by atoms with E-state index in [-0.39, 0.29) is 29.4 Å². The van der Waals surface area contributed by atoms with Crippen molar-refractivity contribution in [3.05, 3.63) is 45.8 Å². The molecule has 1 saturated carbocycles. The first kappa shape index (κ1) is 19.4. The molecule has 1 aliphatic carbocycles. The van der Waals surface area contributed by atoms with Gasteiger partial charge in [-0.3, -0.25) is 15.4 Å². The van der Waals surface area contributed by atoms with Gasteiger partial charge in [-0.15, -0.1) is 5.10 Å². The van der Waals surface area contributed by atoms with Crippen molar-refractivity contribution in [1.29, 1.82) is 0 Å². The van der Waals surface area contributed by atoms with Crippen LogP contribution in [0.2, 0.25) is 0 Å². The van der Waals surface area contributed by atoms with Crippen molar-refractivity contribution in [1.82, 2.24) is 25.5 Å². The summed E-state index contributed by atoms with van der Waals surface area (Å²) in [5, 5.41) is 26.9. The molecule has 3 rings (SSSR count). The predicted molar refractivity (Wildman–Crippen MR) is 101 cm³/mol. The number of hydrogen-bond donors (Lipinski definition) is 2. The Kier molecular flexibility index (Phi) is 5.52. The van der Waals surface area contributed by atoms with Crippen molar-refractivity contribution in [3.63, 3.8) is 0 Å². The molecule has 146 valence electrons. The molecule has 3 unspecified atom stereocenters. The van der Waals surface area contributed by atoms with Crippen molar-refractivity contribution in [2.45, 2.75) is 70.1 Å². The maximum Gasteiger partial charge on any atom is 0.269 e. The van der Waals surface area contributed by atoms with Crippen molar-refractivity contribution in [2.75, 3.05) is 0 Å². The van der Waals surface area contributed by atoms with Gasteiger partial charge in [-0.2, -0.15) is 0 Å². The van der Waals surface area contributed by atoms with Gasteiger partial charge in [-0.1, -0.05) is 25.0 Å². The minimum absolute atomic E-state index is 0.0577. The first-order chi connectivity index (χ1) is 12.8. The number of rotatable bonds is 5. The molecule has 3 N–H and O–H groups in total. The number of tetrazole rings is 1. The minimum Gasteiger partial charge on any atom is -0.326 e. The second-order valence-corrected chi connectivity index (χ2v) is 8.12. The summed E-state index contributed by atoms with van der Waals surface area (Å²) >= 11 is 0. The van der Waals surface area contributed by atoms with E-state index in [4.69, 9.17) is 5.73 Å². The van der Waals surface area contributed by atoms with E-state index in [9.17, 15) is 10.1 Å². The lowest BCUT2D eigenvalue weighted by atomic mass is 9.89. The number of aromatic nitrogens is 4. The van der Waals surface area contributed by atoms with Gasteiger partial charge in [0.1, 0.15) is 0 Å². The molecule has 1 aromatic carbocycles. The number of non-ortho nitro benzene ring substituents is 1. The average molecular weight is 373 g/mol. The number of nitrogens with two attached hydrogens (primary N) is 1. The lowest BCUT2D eigenvalue weighted by Gasteiger charge is -2.33.